The molecule has 0 spiro atoms. The molecule has 0 aliphatic carbocycles. The normalized spacial score (nSPS) is 22.6. The number of ether oxygens (including phenoxy) is 1. The molecule has 0 N–H and O–H groups in total. The van der Waals surface area contributed by atoms with E-state index in [2.05, 4.69) is 0 Å². The SMILES string of the molecule is CCOc1c(F)cccc1C(=O)N1C(C)CCC1C. The number of benzene rings is 1. The van der Waals surface area contributed by atoms with E-state index in [0.29, 0.717) is 12.2 Å². The van der Waals surface area contributed by atoms with Gasteiger partial charge >= 0.3 is 0 Å². The Balaban J connectivity index is 2.36. The summed E-state index contributed by atoms with van der Waals surface area (Å²) in [6.45, 7) is 6.18. The molecule has 1 heterocycles. The molecule has 1 saturated heterocycles. The molecule has 3 nitrogen and oxygen atoms in total. The van der Waals surface area contributed by atoms with Crippen molar-refractivity contribution in [1.29, 1.82) is 0 Å². The molecule has 4 heteroatoms. The number of halogens is 1. The molecule has 1 aromatic carbocycles. The van der Waals surface area contributed by atoms with Crippen molar-refractivity contribution >= 4 is 5.91 Å². The predicted molar refractivity (Wildman–Crippen MR) is 71.9 cm³/mol. The fourth-order valence-electron chi connectivity index (χ4n) is 2.70. The highest BCUT2D eigenvalue weighted by Crippen LogP contribution is 2.30. The maximum Gasteiger partial charge on any atom is 0.258 e. The largest absolute Gasteiger partial charge is 0.490 e. The van der Waals surface area contributed by atoms with Gasteiger partial charge in [-0.15, -0.1) is 0 Å². The average Bonchev–Trinajstić information content (AvgIpc) is 2.71. The van der Waals surface area contributed by atoms with E-state index in [9.17, 15) is 9.18 Å². The lowest BCUT2D eigenvalue weighted by atomic mass is 10.1. The van der Waals surface area contributed by atoms with Crippen LogP contribution < -0.4 is 4.74 Å². The maximum absolute atomic E-state index is 13.8. The second-order valence-corrected chi connectivity index (χ2v) is 5.04. The van der Waals surface area contributed by atoms with Crippen LogP contribution in [0.1, 0.15) is 44.0 Å². The van der Waals surface area contributed by atoms with E-state index >= 15 is 0 Å². The summed E-state index contributed by atoms with van der Waals surface area (Å²) in [6.07, 6.45) is 1.98. The van der Waals surface area contributed by atoms with Gasteiger partial charge in [0.25, 0.3) is 5.91 Å². The lowest BCUT2D eigenvalue weighted by molar-refractivity contribution is 0.0687. The highest BCUT2D eigenvalue weighted by atomic mass is 19.1. The second kappa shape index (κ2) is 5.59. The third kappa shape index (κ3) is 2.57. The van der Waals surface area contributed by atoms with Crippen LogP contribution in [-0.2, 0) is 0 Å². The smallest absolute Gasteiger partial charge is 0.258 e. The lowest BCUT2D eigenvalue weighted by Gasteiger charge is -2.27. The Morgan fingerprint density at radius 3 is 2.58 bits per heavy atom. The van der Waals surface area contributed by atoms with Crippen molar-refractivity contribution in [2.75, 3.05) is 6.61 Å². The molecule has 0 aromatic heterocycles. The minimum Gasteiger partial charge on any atom is -0.490 e. The molecule has 0 bridgehead atoms. The first kappa shape index (κ1) is 13.8. The summed E-state index contributed by atoms with van der Waals surface area (Å²) in [7, 11) is 0. The maximum atomic E-state index is 13.8. The molecule has 1 amide bonds. The van der Waals surface area contributed by atoms with Gasteiger partial charge in [0.05, 0.1) is 12.2 Å². The molecule has 2 unspecified atom stereocenters. The summed E-state index contributed by atoms with van der Waals surface area (Å²) in [5.41, 5.74) is 0.322. The van der Waals surface area contributed by atoms with Gasteiger partial charge in [-0.05, 0) is 45.7 Å². The van der Waals surface area contributed by atoms with Crippen molar-refractivity contribution in [1.82, 2.24) is 4.90 Å². The molecular formula is C15H20FNO2. The number of carbonyl (C=O) groups excluding carboxylic acids is 1. The first-order valence-electron chi connectivity index (χ1n) is 6.80. The molecule has 1 aromatic rings. The molecule has 0 radical (unpaired) electrons. The van der Waals surface area contributed by atoms with Gasteiger partial charge in [-0.25, -0.2) is 4.39 Å². The van der Waals surface area contributed by atoms with Crippen LogP contribution in [0.2, 0.25) is 0 Å². The van der Waals surface area contributed by atoms with Crippen LogP contribution in [0.4, 0.5) is 4.39 Å². The zero-order chi connectivity index (χ0) is 14.0. The zero-order valence-corrected chi connectivity index (χ0v) is 11.6. The first-order chi connectivity index (χ1) is 9.06. The van der Waals surface area contributed by atoms with E-state index in [1.165, 1.54) is 6.07 Å². The Hall–Kier alpha value is -1.58. The Morgan fingerprint density at radius 2 is 2.00 bits per heavy atom. The molecular weight excluding hydrogens is 245 g/mol. The van der Waals surface area contributed by atoms with Crippen molar-refractivity contribution in [3.8, 4) is 5.75 Å². The Kier molecular flexibility index (Phi) is 4.08. The van der Waals surface area contributed by atoms with Crippen LogP contribution in [0.3, 0.4) is 0 Å². The Morgan fingerprint density at radius 1 is 1.37 bits per heavy atom. The highest BCUT2D eigenvalue weighted by Gasteiger charge is 2.33. The molecule has 104 valence electrons. The standard InChI is InChI=1S/C15H20FNO2/c1-4-19-14-12(6-5-7-13(14)16)15(18)17-10(2)8-9-11(17)3/h5-7,10-11H,4,8-9H2,1-3H3. The fourth-order valence-corrected chi connectivity index (χ4v) is 2.70. The van der Waals surface area contributed by atoms with Gasteiger partial charge in [-0.1, -0.05) is 6.07 Å². The van der Waals surface area contributed by atoms with E-state index in [4.69, 9.17) is 4.74 Å². The van der Waals surface area contributed by atoms with E-state index in [0.717, 1.165) is 12.8 Å². The second-order valence-electron chi connectivity index (χ2n) is 5.04. The van der Waals surface area contributed by atoms with Crippen molar-refractivity contribution in [2.24, 2.45) is 0 Å². The number of amides is 1. The van der Waals surface area contributed by atoms with Crippen molar-refractivity contribution in [3.63, 3.8) is 0 Å². The summed E-state index contributed by atoms with van der Waals surface area (Å²) >= 11 is 0. The van der Waals surface area contributed by atoms with Gasteiger partial charge in [0.15, 0.2) is 11.6 Å². The minimum absolute atomic E-state index is 0.0706. The lowest BCUT2D eigenvalue weighted by Crippen LogP contribution is -2.38. The van der Waals surface area contributed by atoms with Gasteiger partial charge in [-0.3, -0.25) is 4.79 Å². The van der Waals surface area contributed by atoms with Gasteiger partial charge in [0.1, 0.15) is 0 Å². The van der Waals surface area contributed by atoms with Crippen LogP contribution in [0.25, 0.3) is 0 Å². The topological polar surface area (TPSA) is 29.5 Å². The monoisotopic (exact) mass is 265 g/mol. The highest BCUT2D eigenvalue weighted by molar-refractivity contribution is 5.97. The van der Waals surface area contributed by atoms with Gasteiger partial charge in [-0.2, -0.15) is 0 Å². The molecule has 19 heavy (non-hydrogen) atoms. The van der Waals surface area contributed by atoms with Crippen LogP contribution in [0, 0.1) is 5.82 Å². The van der Waals surface area contributed by atoms with E-state index in [1.807, 2.05) is 18.7 Å². The van der Waals surface area contributed by atoms with Crippen LogP contribution in [0.5, 0.6) is 5.75 Å². The Labute approximate surface area is 113 Å². The number of para-hydroxylation sites is 1. The number of rotatable bonds is 3. The predicted octanol–water partition coefficient (Wildman–Crippen LogP) is 3.24. The van der Waals surface area contributed by atoms with Crippen molar-refractivity contribution in [3.05, 3.63) is 29.6 Å². The van der Waals surface area contributed by atoms with Gasteiger partial charge < -0.3 is 9.64 Å². The zero-order valence-electron chi connectivity index (χ0n) is 11.6. The minimum atomic E-state index is -0.479. The number of hydrogen-bond acceptors (Lipinski definition) is 2. The van der Waals surface area contributed by atoms with Gasteiger partial charge in [0.2, 0.25) is 0 Å². The van der Waals surface area contributed by atoms with Crippen molar-refractivity contribution in [2.45, 2.75) is 45.7 Å². The molecule has 1 aliphatic rings. The summed E-state index contributed by atoms with van der Waals surface area (Å²) in [5, 5.41) is 0. The van der Waals surface area contributed by atoms with Gasteiger partial charge in [0, 0.05) is 12.1 Å². The number of nitrogens with zero attached hydrogens (tertiary/aromatic N) is 1. The van der Waals surface area contributed by atoms with E-state index < -0.39 is 5.82 Å². The van der Waals surface area contributed by atoms with Crippen LogP contribution in [-0.4, -0.2) is 29.5 Å². The average molecular weight is 265 g/mol. The van der Waals surface area contributed by atoms with Crippen LogP contribution >= 0.6 is 0 Å². The summed E-state index contributed by atoms with van der Waals surface area (Å²) in [5.74, 6) is -0.547. The van der Waals surface area contributed by atoms with Crippen LogP contribution in [0.15, 0.2) is 18.2 Å². The third-order valence-electron chi connectivity index (χ3n) is 3.67. The molecule has 2 rings (SSSR count). The quantitative estimate of drug-likeness (QED) is 0.839. The number of hydrogen-bond donors (Lipinski definition) is 0. The van der Waals surface area contributed by atoms with Crippen molar-refractivity contribution < 1.29 is 13.9 Å². The Bertz CT molecular complexity index is 465. The van der Waals surface area contributed by atoms with E-state index in [1.54, 1.807) is 19.1 Å². The summed E-state index contributed by atoms with van der Waals surface area (Å²) < 4.78 is 19.1. The number of likely N-dealkylation sites (tertiary alicyclic amines) is 1. The molecule has 1 aliphatic heterocycles. The third-order valence-corrected chi connectivity index (χ3v) is 3.67. The summed E-state index contributed by atoms with van der Waals surface area (Å²) in [6, 6.07) is 4.89. The first-order valence-corrected chi connectivity index (χ1v) is 6.80. The molecule has 2 atom stereocenters. The fraction of sp³-hybridized carbons (Fsp3) is 0.533. The van der Waals surface area contributed by atoms with E-state index in [-0.39, 0.29) is 23.7 Å². The molecule has 0 saturated carbocycles. The summed E-state index contributed by atoms with van der Waals surface area (Å²) in [4.78, 5) is 14.4. The molecule has 1 fully saturated rings. The number of carbonyl (C=O) groups is 1.